The molecule has 0 saturated carbocycles. The maximum Gasteiger partial charge on any atom is 0.358 e. The zero-order valence-electron chi connectivity index (χ0n) is 10.6. The summed E-state index contributed by atoms with van der Waals surface area (Å²) in [5, 5.41) is 6.90. The number of carbonyl (C=O) groups is 1. The molecule has 2 rings (SSSR count). The van der Waals surface area contributed by atoms with Crippen LogP contribution >= 0.6 is 22.6 Å². The molecular formula is C14H15IN2O2. The van der Waals surface area contributed by atoms with Crippen LogP contribution in [-0.2, 0) is 11.2 Å². The first-order chi connectivity index (χ1) is 9.20. The molecule has 0 aliphatic rings. The molecule has 1 heterocycles. The standard InChI is InChI=1S/C14H15IN2O2/c1-2-19-14(18)13-9-12(16-17-13)11(15)8-10-6-4-3-5-7-10/h3-7,9,11H,2,8H2,1H3,(H,16,17). The number of H-pyrrole nitrogens is 1. The molecule has 4 nitrogen and oxygen atoms in total. The fourth-order valence-electron chi connectivity index (χ4n) is 1.74. The number of alkyl halides is 1. The Labute approximate surface area is 125 Å². The van der Waals surface area contributed by atoms with E-state index in [4.69, 9.17) is 4.74 Å². The van der Waals surface area contributed by atoms with Crippen LogP contribution in [-0.4, -0.2) is 22.8 Å². The minimum Gasteiger partial charge on any atom is -0.461 e. The van der Waals surface area contributed by atoms with Gasteiger partial charge in [-0.3, -0.25) is 5.10 Å². The van der Waals surface area contributed by atoms with E-state index in [0.717, 1.165) is 12.1 Å². The smallest absolute Gasteiger partial charge is 0.358 e. The summed E-state index contributed by atoms with van der Waals surface area (Å²) in [5.74, 6) is -0.381. The third-order valence-corrected chi connectivity index (χ3v) is 3.79. The summed E-state index contributed by atoms with van der Waals surface area (Å²) in [6.07, 6.45) is 0.895. The Morgan fingerprint density at radius 1 is 1.42 bits per heavy atom. The van der Waals surface area contributed by atoms with Crippen molar-refractivity contribution in [2.24, 2.45) is 0 Å². The maximum absolute atomic E-state index is 11.5. The summed E-state index contributed by atoms with van der Waals surface area (Å²) >= 11 is 2.35. The lowest BCUT2D eigenvalue weighted by Gasteiger charge is -2.06. The van der Waals surface area contributed by atoms with E-state index in [9.17, 15) is 4.79 Å². The number of hydrogen-bond donors (Lipinski definition) is 1. The number of benzene rings is 1. The molecule has 0 radical (unpaired) electrons. The van der Waals surface area contributed by atoms with Crippen molar-refractivity contribution in [3.63, 3.8) is 0 Å². The fraction of sp³-hybridized carbons (Fsp3) is 0.286. The molecule has 0 fully saturated rings. The lowest BCUT2D eigenvalue weighted by molar-refractivity contribution is 0.0519. The zero-order valence-corrected chi connectivity index (χ0v) is 12.8. The Morgan fingerprint density at radius 3 is 2.84 bits per heavy atom. The SMILES string of the molecule is CCOC(=O)c1cc(C(I)Cc2ccccc2)[nH]n1. The van der Waals surface area contributed by atoms with Crippen molar-refractivity contribution >= 4 is 28.6 Å². The van der Waals surface area contributed by atoms with Gasteiger partial charge in [0.25, 0.3) is 0 Å². The van der Waals surface area contributed by atoms with Crippen LogP contribution in [0.1, 0.15) is 32.6 Å². The minimum atomic E-state index is -0.381. The number of aromatic amines is 1. The van der Waals surface area contributed by atoms with E-state index < -0.39 is 0 Å². The molecule has 0 saturated heterocycles. The van der Waals surface area contributed by atoms with Gasteiger partial charge in [-0.15, -0.1) is 0 Å². The molecule has 5 heteroatoms. The zero-order chi connectivity index (χ0) is 13.7. The van der Waals surface area contributed by atoms with Crippen LogP contribution in [0.4, 0.5) is 0 Å². The highest BCUT2D eigenvalue weighted by Gasteiger charge is 2.16. The van der Waals surface area contributed by atoms with E-state index in [1.165, 1.54) is 5.56 Å². The number of ether oxygens (including phenoxy) is 1. The third-order valence-electron chi connectivity index (χ3n) is 2.68. The highest BCUT2D eigenvalue weighted by Crippen LogP contribution is 2.26. The lowest BCUT2D eigenvalue weighted by atomic mass is 10.1. The van der Waals surface area contributed by atoms with Crippen LogP contribution in [0.2, 0.25) is 0 Å². The van der Waals surface area contributed by atoms with Crippen LogP contribution in [0.5, 0.6) is 0 Å². The maximum atomic E-state index is 11.5. The summed E-state index contributed by atoms with van der Waals surface area (Å²) in [6, 6.07) is 12.0. The van der Waals surface area contributed by atoms with Crippen molar-refractivity contribution in [2.45, 2.75) is 17.3 Å². The Kier molecular flexibility index (Phi) is 4.95. The summed E-state index contributed by atoms with van der Waals surface area (Å²) in [5.41, 5.74) is 2.54. The summed E-state index contributed by atoms with van der Waals surface area (Å²) < 4.78 is 5.16. The molecule has 0 aliphatic carbocycles. The number of esters is 1. The first-order valence-electron chi connectivity index (χ1n) is 6.11. The number of halogens is 1. The average molecular weight is 370 g/mol. The van der Waals surface area contributed by atoms with Crippen LogP contribution < -0.4 is 0 Å². The summed E-state index contributed by atoms with van der Waals surface area (Å²) in [7, 11) is 0. The molecule has 19 heavy (non-hydrogen) atoms. The van der Waals surface area contributed by atoms with E-state index in [1.54, 1.807) is 13.0 Å². The molecule has 0 aliphatic heterocycles. The molecule has 0 amide bonds. The summed E-state index contributed by atoms with van der Waals surface area (Å²) in [6.45, 7) is 2.14. The number of nitrogens with one attached hydrogen (secondary N) is 1. The van der Waals surface area contributed by atoms with Gasteiger partial charge in [0.1, 0.15) is 0 Å². The topological polar surface area (TPSA) is 55.0 Å². The molecule has 0 spiro atoms. The second kappa shape index (κ2) is 6.70. The van der Waals surface area contributed by atoms with Gasteiger partial charge in [-0.1, -0.05) is 52.9 Å². The third kappa shape index (κ3) is 3.79. The molecule has 2 aromatic rings. The molecule has 0 bridgehead atoms. The van der Waals surface area contributed by atoms with Gasteiger partial charge in [0.05, 0.1) is 10.5 Å². The van der Waals surface area contributed by atoms with Crippen molar-refractivity contribution < 1.29 is 9.53 Å². The minimum absolute atomic E-state index is 0.246. The van der Waals surface area contributed by atoms with Gasteiger partial charge < -0.3 is 4.74 Å². The second-order valence-corrected chi connectivity index (χ2v) is 5.59. The highest BCUT2D eigenvalue weighted by atomic mass is 127. The van der Waals surface area contributed by atoms with Gasteiger partial charge in [-0.05, 0) is 25.0 Å². The highest BCUT2D eigenvalue weighted by molar-refractivity contribution is 14.1. The van der Waals surface area contributed by atoms with Crippen LogP contribution in [0.25, 0.3) is 0 Å². The van der Waals surface area contributed by atoms with Crippen molar-refractivity contribution in [3.8, 4) is 0 Å². The molecule has 1 aromatic carbocycles. The number of nitrogens with zero attached hydrogens (tertiary/aromatic N) is 1. The predicted molar refractivity (Wildman–Crippen MR) is 81.5 cm³/mol. The van der Waals surface area contributed by atoms with Gasteiger partial charge >= 0.3 is 5.97 Å². The van der Waals surface area contributed by atoms with E-state index in [2.05, 4.69) is 44.9 Å². The molecule has 1 N–H and O–H groups in total. The number of carbonyl (C=O) groups excluding carboxylic acids is 1. The average Bonchev–Trinajstić information content (AvgIpc) is 2.90. The first kappa shape index (κ1) is 14.0. The van der Waals surface area contributed by atoms with Gasteiger partial charge in [-0.25, -0.2) is 4.79 Å². The Bertz CT molecular complexity index is 539. The van der Waals surface area contributed by atoms with Crippen molar-refractivity contribution in [1.29, 1.82) is 0 Å². The lowest BCUT2D eigenvalue weighted by Crippen LogP contribution is -2.04. The van der Waals surface area contributed by atoms with E-state index >= 15 is 0 Å². The fourth-order valence-corrected chi connectivity index (χ4v) is 2.57. The Hall–Kier alpha value is -1.37. The Balaban J connectivity index is 2.04. The molecule has 1 aromatic heterocycles. The van der Waals surface area contributed by atoms with Crippen molar-refractivity contribution in [1.82, 2.24) is 10.2 Å². The predicted octanol–water partition coefficient (Wildman–Crippen LogP) is 3.31. The molecule has 1 unspecified atom stereocenters. The van der Waals surface area contributed by atoms with Gasteiger partial charge in [-0.2, -0.15) is 5.10 Å². The number of aromatic nitrogens is 2. The normalized spacial score (nSPS) is 12.1. The number of hydrogen-bond acceptors (Lipinski definition) is 3. The molecular weight excluding hydrogens is 355 g/mol. The van der Waals surface area contributed by atoms with Crippen molar-refractivity contribution in [2.75, 3.05) is 6.61 Å². The van der Waals surface area contributed by atoms with Crippen LogP contribution in [0.15, 0.2) is 36.4 Å². The molecule has 1 atom stereocenters. The van der Waals surface area contributed by atoms with E-state index in [0.29, 0.717) is 12.3 Å². The monoisotopic (exact) mass is 370 g/mol. The van der Waals surface area contributed by atoms with E-state index in [-0.39, 0.29) is 9.89 Å². The summed E-state index contributed by atoms with van der Waals surface area (Å²) in [4.78, 5) is 11.5. The van der Waals surface area contributed by atoms with E-state index in [1.807, 2.05) is 18.2 Å². The van der Waals surface area contributed by atoms with Gasteiger partial charge in [0, 0.05) is 5.69 Å². The molecule has 100 valence electrons. The van der Waals surface area contributed by atoms with Crippen LogP contribution in [0.3, 0.4) is 0 Å². The van der Waals surface area contributed by atoms with Gasteiger partial charge in [0.2, 0.25) is 0 Å². The quantitative estimate of drug-likeness (QED) is 0.499. The largest absolute Gasteiger partial charge is 0.461 e. The first-order valence-corrected chi connectivity index (χ1v) is 7.35. The Morgan fingerprint density at radius 2 is 2.16 bits per heavy atom. The van der Waals surface area contributed by atoms with Crippen LogP contribution in [0, 0.1) is 0 Å². The number of rotatable bonds is 5. The van der Waals surface area contributed by atoms with Crippen molar-refractivity contribution in [3.05, 3.63) is 53.3 Å². The second-order valence-electron chi connectivity index (χ2n) is 4.09. The van der Waals surface area contributed by atoms with Gasteiger partial charge in [0.15, 0.2) is 5.69 Å².